The molecule has 0 radical (unpaired) electrons. The van der Waals surface area contributed by atoms with Gasteiger partial charge in [-0.3, -0.25) is 9.59 Å². The molecule has 1 spiro atoms. The summed E-state index contributed by atoms with van der Waals surface area (Å²) < 4.78 is 0.937. The Morgan fingerprint density at radius 1 is 1.03 bits per heavy atom. The lowest BCUT2D eigenvalue weighted by molar-refractivity contribution is -0.114. The van der Waals surface area contributed by atoms with Crippen molar-refractivity contribution in [2.75, 3.05) is 16.4 Å². The Labute approximate surface area is 218 Å². The third-order valence-electron chi connectivity index (χ3n) is 6.41. The van der Waals surface area contributed by atoms with E-state index in [-0.39, 0.29) is 17.6 Å². The molecule has 2 aliphatic rings. The minimum Gasteiger partial charge on any atom is -0.353 e. The number of amides is 2. The van der Waals surface area contributed by atoms with Crippen molar-refractivity contribution in [1.29, 1.82) is 5.26 Å². The average molecular weight is 552 g/mol. The molecule has 1 saturated carbocycles. The molecule has 8 heteroatoms. The van der Waals surface area contributed by atoms with Crippen LogP contribution in [0.25, 0.3) is 0 Å². The minimum atomic E-state index is -0.647. The summed E-state index contributed by atoms with van der Waals surface area (Å²) in [4.78, 5) is 26.1. The Balaban J connectivity index is 1.57. The van der Waals surface area contributed by atoms with Crippen molar-refractivity contribution < 1.29 is 9.59 Å². The number of nitrogens with one attached hydrogen (secondary N) is 3. The maximum Gasteiger partial charge on any atom is 0.254 e. The highest BCUT2D eigenvalue weighted by molar-refractivity contribution is 9.10. The van der Waals surface area contributed by atoms with E-state index >= 15 is 0 Å². The summed E-state index contributed by atoms with van der Waals surface area (Å²) >= 11 is 4.70. The summed E-state index contributed by atoms with van der Waals surface area (Å²) in [5.41, 5.74) is 2.70. The topological polar surface area (TPSA) is 94.0 Å². The largest absolute Gasteiger partial charge is 0.353 e. The Bertz CT molecular complexity index is 1210. The van der Waals surface area contributed by atoms with Gasteiger partial charge < -0.3 is 16.0 Å². The molecule has 2 aromatic rings. The number of nitrogens with zero attached hydrogens (tertiary/aromatic N) is 1. The molecule has 0 unspecified atom stereocenters. The first kappa shape index (κ1) is 25.1. The summed E-state index contributed by atoms with van der Waals surface area (Å²) in [7, 11) is 0. The first-order valence-corrected chi connectivity index (χ1v) is 13.4. The van der Waals surface area contributed by atoms with E-state index in [4.69, 9.17) is 0 Å². The van der Waals surface area contributed by atoms with Gasteiger partial charge in [-0.2, -0.15) is 5.26 Å². The van der Waals surface area contributed by atoms with Gasteiger partial charge in [0.25, 0.3) is 5.91 Å². The predicted molar refractivity (Wildman–Crippen MR) is 144 cm³/mol. The summed E-state index contributed by atoms with van der Waals surface area (Å²) in [6.45, 7) is 1.88. The summed E-state index contributed by atoms with van der Waals surface area (Å²) in [5.74, 6) is -0.192. The minimum absolute atomic E-state index is 0.151. The number of dihydropyridines is 1. The van der Waals surface area contributed by atoms with Crippen LogP contribution >= 0.6 is 27.7 Å². The van der Waals surface area contributed by atoms with Crippen LogP contribution in [0.15, 0.2) is 80.9 Å². The van der Waals surface area contributed by atoms with Crippen LogP contribution in [0.4, 0.5) is 11.4 Å². The lowest BCUT2D eigenvalue weighted by atomic mass is 9.63. The normalized spacial score (nSPS) is 16.9. The van der Waals surface area contributed by atoms with Gasteiger partial charge in [0.1, 0.15) is 0 Å². The number of rotatable bonds is 6. The molecule has 35 heavy (non-hydrogen) atoms. The van der Waals surface area contributed by atoms with Crippen LogP contribution in [0.2, 0.25) is 0 Å². The maximum atomic E-state index is 13.5. The molecule has 0 bridgehead atoms. The zero-order valence-corrected chi connectivity index (χ0v) is 21.9. The molecule has 2 aromatic carbocycles. The zero-order chi connectivity index (χ0) is 24.8. The quantitative estimate of drug-likeness (QED) is 0.391. The van der Waals surface area contributed by atoms with Gasteiger partial charge in [-0.05, 0) is 56.2 Å². The summed E-state index contributed by atoms with van der Waals surface area (Å²) in [6, 6.07) is 19.1. The standard InChI is InChI=1S/C27H27BrN4O2S/c1-18-24(25(34)32-20-8-4-2-5-9-20)27(14-6-3-7-15-27)22(16-29)26(30-18)35-17-23(33)31-21-12-10-19(28)11-13-21/h2,4-5,8-13,30H,3,6-7,14-15,17H2,1H3,(H,31,33)(H,32,34). The molecule has 1 aliphatic heterocycles. The number of benzene rings is 2. The Kier molecular flexibility index (Phi) is 7.99. The molecule has 0 saturated heterocycles. The number of hydrogen-bond acceptors (Lipinski definition) is 5. The fourth-order valence-corrected chi connectivity index (χ4v) is 6.11. The van der Waals surface area contributed by atoms with Gasteiger partial charge in [0.15, 0.2) is 0 Å². The van der Waals surface area contributed by atoms with E-state index in [1.807, 2.05) is 61.5 Å². The van der Waals surface area contributed by atoms with Gasteiger partial charge in [-0.1, -0.05) is 65.2 Å². The van der Waals surface area contributed by atoms with Crippen LogP contribution in [0, 0.1) is 16.7 Å². The molecule has 1 heterocycles. The molecule has 6 nitrogen and oxygen atoms in total. The fourth-order valence-electron chi connectivity index (χ4n) is 4.89. The van der Waals surface area contributed by atoms with Crippen molar-refractivity contribution in [1.82, 2.24) is 5.32 Å². The van der Waals surface area contributed by atoms with Gasteiger partial charge in [-0.15, -0.1) is 0 Å². The number of halogens is 1. The van der Waals surface area contributed by atoms with Gasteiger partial charge in [0.05, 0.1) is 22.4 Å². The van der Waals surface area contributed by atoms with Crippen LogP contribution < -0.4 is 16.0 Å². The number of hydrogen-bond donors (Lipinski definition) is 3. The molecular formula is C27H27BrN4O2S. The molecular weight excluding hydrogens is 524 g/mol. The second-order valence-corrected chi connectivity index (χ2v) is 10.6. The Morgan fingerprint density at radius 3 is 2.34 bits per heavy atom. The van der Waals surface area contributed by atoms with Crippen molar-refractivity contribution >= 4 is 50.9 Å². The van der Waals surface area contributed by atoms with Crippen LogP contribution in [0.1, 0.15) is 39.0 Å². The number of carbonyl (C=O) groups excluding carboxylic acids is 2. The zero-order valence-electron chi connectivity index (χ0n) is 19.5. The van der Waals surface area contributed by atoms with Gasteiger partial charge in [-0.25, -0.2) is 0 Å². The molecule has 4 rings (SSSR count). The van der Waals surface area contributed by atoms with Crippen LogP contribution in [-0.4, -0.2) is 17.6 Å². The third-order valence-corrected chi connectivity index (χ3v) is 7.94. The third kappa shape index (κ3) is 5.63. The molecule has 3 N–H and O–H groups in total. The Morgan fingerprint density at radius 2 is 1.69 bits per heavy atom. The molecule has 0 atom stereocenters. The van der Waals surface area contributed by atoms with E-state index in [9.17, 15) is 14.9 Å². The van der Waals surface area contributed by atoms with Crippen molar-refractivity contribution in [3.8, 4) is 6.07 Å². The van der Waals surface area contributed by atoms with Crippen LogP contribution in [0.3, 0.4) is 0 Å². The van der Waals surface area contributed by atoms with Crippen molar-refractivity contribution in [2.24, 2.45) is 5.41 Å². The lowest BCUT2D eigenvalue weighted by Crippen LogP contribution is -2.41. The lowest BCUT2D eigenvalue weighted by Gasteiger charge is -2.43. The first-order chi connectivity index (χ1) is 16.9. The monoisotopic (exact) mass is 550 g/mol. The van der Waals surface area contributed by atoms with Gasteiger partial charge in [0, 0.05) is 32.5 Å². The van der Waals surface area contributed by atoms with Gasteiger partial charge in [0.2, 0.25) is 5.91 Å². The van der Waals surface area contributed by atoms with Crippen LogP contribution in [-0.2, 0) is 9.59 Å². The number of thioether (sulfide) groups is 1. The van der Waals surface area contributed by atoms with E-state index in [0.29, 0.717) is 21.9 Å². The molecule has 0 aromatic heterocycles. The highest BCUT2D eigenvalue weighted by atomic mass is 79.9. The second kappa shape index (κ2) is 11.1. The van der Waals surface area contributed by atoms with E-state index in [1.165, 1.54) is 11.8 Å². The second-order valence-electron chi connectivity index (χ2n) is 8.75. The Hall–Kier alpha value is -3.02. The molecule has 1 fully saturated rings. The van der Waals surface area contributed by atoms with Crippen molar-refractivity contribution in [3.63, 3.8) is 0 Å². The van der Waals surface area contributed by atoms with Crippen molar-refractivity contribution in [3.05, 3.63) is 80.9 Å². The number of allylic oxidation sites excluding steroid dienone is 2. The predicted octanol–water partition coefficient (Wildman–Crippen LogP) is 6.32. The highest BCUT2D eigenvalue weighted by Crippen LogP contribution is 2.53. The average Bonchev–Trinajstić information content (AvgIpc) is 2.85. The molecule has 1 aliphatic carbocycles. The molecule has 180 valence electrons. The summed E-state index contributed by atoms with van der Waals surface area (Å²) in [5, 5.41) is 20.1. The van der Waals surface area contributed by atoms with E-state index in [2.05, 4.69) is 37.9 Å². The number of anilines is 2. The van der Waals surface area contributed by atoms with Gasteiger partial charge >= 0.3 is 0 Å². The smallest absolute Gasteiger partial charge is 0.254 e. The van der Waals surface area contributed by atoms with E-state index in [1.54, 1.807) is 0 Å². The highest BCUT2D eigenvalue weighted by Gasteiger charge is 2.47. The van der Waals surface area contributed by atoms with Crippen LogP contribution in [0.5, 0.6) is 0 Å². The van der Waals surface area contributed by atoms with Crippen molar-refractivity contribution in [2.45, 2.75) is 39.0 Å². The summed E-state index contributed by atoms with van der Waals surface area (Å²) in [6.07, 6.45) is 4.45. The number of nitriles is 1. The first-order valence-electron chi connectivity index (χ1n) is 11.6. The number of carbonyl (C=O) groups is 2. The fraction of sp³-hybridized carbons (Fsp3) is 0.296. The maximum absolute atomic E-state index is 13.5. The molecule has 2 amide bonds. The van der Waals surface area contributed by atoms with E-state index in [0.717, 1.165) is 48.0 Å². The number of para-hydroxylation sites is 1. The SMILES string of the molecule is CC1=C(C(=O)Nc2ccccc2)C2(CCCCC2)C(C#N)=C(SCC(=O)Nc2ccc(Br)cc2)N1. The van der Waals surface area contributed by atoms with E-state index < -0.39 is 5.41 Å².